The average molecular weight is 209 g/mol. The van der Waals surface area contributed by atoms with Crippen LogP contribution in [-0.4, -0.2) is 0 Å². The number of rotatable bonds is 0. The number of fused-ring (bicyclic) bond motifs is 1. The zero-order chi connectivity index (χ0) is 9.42. The van der Waals surface area contributed by atoms with Gasteiger partial charge in [-0.25, -0.2) is 0 Å². The predicted molar refractivity (Wildman–Crippen MR) is 53.8 cm³/mol. The topological polar surface area (TPSA) is 23.8 Å². The number of thiol groups is 1. The van der Waals surface area contributed by atoms with E-state index < -0.39 is 0 Å². The molecule has 4 heteroatoms. The minimum Gasteiger partial charge on any atom is -0.195 e. The molecular weight excluding hydrogens is 205 g/mol. The Morgan fingerprint density at radius 2 is 2.15 bits per heavy atom. The third-order valence-electron chi connectivity index (χ3n) is 1.71. The lowest BCUT2D eigenvalue weighted by Crippen LogP contribution is -1.74. The van der Waals surface area contributed by atoms with Crippen molar-refractivity contribution in [1.29, 1.82) is 5.26 Å². The molecule has 0 N–H and O–H groups in total. The first kappa shape index (κ1) is 8.54. The molecule has 1 heterocycles. The smallest absolute Gasteiger partial charge is 0.177 e. The maximum atomic E-state index is 12.8. The van der Waals surface area contributed by atoms with Crippen LogP contribution in [0, 0.1) is 16.5 Å². The van der Waals surface area contributed by atoms with Crippen LogP contribution in [0.2, 0.25) is 0 Å². The molecule has 1 nitrogen and oxygen atoms in total. The minimum absolute atomic E-state index is 0.250. The monoisotopic (exact) mass is 209 g/mol. The van der Waals surface area contributed by atoms with E-state index >= 15 is 0 Å². The first-order valence-corrected chi connectivity index (χ1v) is 4.79. The van der Waals surface area contributed by atoms with Gasteiger partial charge in [0.1, 0.15) is 0 Å². The highest BCUT2D eigenvalue weighted by atomic mass is 32.1. The summed E-state index contributed by atoms with van der Waals surface area (Å²) in [6.45, 7) is 0. The van der Waals surface area contributed by atoms with Gasteiger partial charge in [-0.05, 0) is 18.2 Å². The largest absolute Gasteiger partial charge is 0.195 e. The summed E-state index contributed by atoms with van der Waals surface area (Å²) in [7, 11) is 0. The van der Waals surface area contributed by atoms with Gasteiger partial charge in [0.2, 0.25) is 0 Å². The van der Waals surface area contributed by atoms with Crippen LogP contribution in [0.5, 0.6) is 0 Å². The van der Waals surface area contributed by atoms with Crippen molar-refractivity contribution in [1.82, 2.24) is 0 Å². The van der Waals surface area contributed by atoms with Crippen LogP contribution >= 0.6 is 24.0 Å². The first-order valence-electron chi connectivity index (χ1n) is 3.53. The second-order valence-corrected chi connectivity index (χ2v) is 4.09. The molecule has 0 amide bonds. The van der Waals surface area contributed by atoms with E-state index in [1.54, 1.807) is 12.1 Å². The average Bonchev–Trinajstić information content (AvgIpc) is 2.46. The van der Waals surface area contributed by atoms with Crippen molar-refractivity contribution in [2.24, 2.45) is 0 Å². The molecule has 0 unspecified atom stereocenters. The van der Waals surface area contributed by atoms with E-state index in [0.29, 0.717) is 10.5 Å². The van der Waals surface area contributed by atoms with E-state index in [1.165, 1.54) is 6.07 Å². The Kier molecular flexibility index (Phi) is 1.98. The van der Waals surface area contributed by atoms with Gasteiger partial charge in [-0.3, -0.25) is 0 Å². The van der Waals surface area contributed by atoms with Crippen molar-refractivity contribution in [2.45, 2.75) is 4.90 Å². The summed E-state index contributed by atoms with van der Waals surface area (Å²) in [4.78, 5) is 0.647. The van der Waals surface area contributed by atoms with Gasteiger partial charge in [0.05, 0.1) is 11.6 Å². The third kappa shape index (κ3) is 1.41. The molecule has 0 saturated carbocycles. The van der Waals surface area contributed by atoms with E-state index in [0.717, 1.165) is 21.4 Å². The van der Waals surface area contributed by atoms with Crippen LogP contribution in [0.15, 0.2) is 23.1 Å². The molecule has 0 aliphatic heterocycles. The number of hydrogen-bond donors (Lipinski definition) is 1. The number of benzene rings is 1. The zero-order valence-corrected chi connectivity index (χ0v) is 8.12. The van der Waals surface area contributed by atoms with Crippen molar-refractivity contribution in [3.05, 3.63) is 28.9 Å². The van der Waals surface area contributed by atoms with Crippen LogP contribution in [-0.2, 0) is 0 Å². The van der Waals surface area contributed by atoms with Gasteiger partial charge in [-0.2, -0.15) is 9.65 Å². The number of hydrogen-bond acceptors (Lipinski definition) is 3. The van der Waals surface area contributed by atoms with Gasteiger partial charge < -0.3 is 0 Å². The SMILES string of the molecule is N#Cc1cc(S)c2cc(F)sc2c1. The fourth-order valence-electron chi connectivity index (χ4n) is 1.15. The van der Waals surface area contributed by atoms with E-state index in [-0.39, 0.29) is 5.13 Å². The Balaban J connectivity index is 2.85. The highest BCUT2D eigenvalue weighted by molar-refractivity contribution is 7.80. The Morgan fingerprint density at radius 3 is 2.85 bits per heavy atom. The fraction of sp³-hybridized carbons (Fsp3) is 0. The molecule has 0 fully saturated rings. The maximum Gasteiger partial charge on any atom is 0.177 e. The van der Waals surface area contributed by atoms with E-state index in [9.17, 15) is 4.39 Å². The molecule has 1 aromatic heterocycles. The van der Waals surface area contributed by atoms with Gasteiger partial charge in [0.25, 0.3) is 0 Å². The highest BCUT2D eigenvalue weighted by Crippen LogP contribution is 2.30. The lowest BCUT2D eigenvalue weighted by atomic mass is 10.2. The number of nitriles is 1. The Labute approximate surface area is 83.8 Å². The van der Waals surface area contributed by atoms with Crippen molar-refractivity contribution < 1.29 is 4.39 Å². The number of nitrogens with zero attached hydrogens (tertiary/aromatic N) is 1. The lowest BCUT2D eigenvalue weighted by molar-refractivity contribution is 0.658. The Bertz CT molecular complexity index is 510. The third-order valence-corrected chi connectivity index (χ3v) is 2.96. The van der Waals surface area contributed by atoms with Crippen molar-refractivity contribution in [2.75, 3.05) is 0 Å². The summed E-state index contributed by atoms with van der Waals surface area (Å²) < 4.78 is 13.6. The molecule has 0 spiro atoms. The summed E-state index contributed by atoms with van der Waals surface area (Å²) in [5.74, 6) is 0. The molecule has 2 rings (SSSR count). The molecular formula is C9H4FNS2. The highest BCUT2D eigenvalue weighted by Gasteiger charge is 2.05. The molecule has 13 heavy (non-hydrogen) atoms. The zero-order valence-electron chi connectivity index (χ0n) is 6.41. The molecule has 64 valence electrons. The van der Waals surface area contributed by atoms with Gasteiger partial charge in [0, 0.05) is 15.0 Å². The van der Waals surface area contributed by atoms with Crippen LogP contribution in [0.25, 0.3) is 10.1 Å². The number of halogens is 1. The molecule has 0 bridgehead atoms. The normalized spacial score (nSPS) is 10.2. The summed E-state index contributed by atoms with van der Waals surface area (Å²) in [6, 6.07) is 6.74. The van der Waals surface area contributed by atoms with Gasteiger partial charge in [-0.1, -0.05) is 0 Å². The van der Waals surface area contributed by atoms with Gasteiger partial charge in [0.15, 0.2) is 5.13 Å². The predicted octanol–water partition coefficient (Wildman–Crippen LogP) is 3.20. The molecule has 0 atom stereocenters. The van der Waals surface area contributed by atoms with Crippen molar-refractivity contribution in [3.63, 3.8) is 0 Å². The fourth-order valence-corrected chi connectivity index (χ4v) is 2.41. The van der Waals surface area contributed by atoms with Crippen LogP contribution in [0.3, 0.4) is 0 Å². The maximum absolute atomic E-state index is 12.8. The van der Waals surface area contributed by atoms with E-state index in [2.05, 4.69) is 12.6 Å². The van der Waals surface area contributed by atoms with Crippen LogP contribution < -0.4 is 0 Å². The molecule has 0 aliphatic rings. The Hall–Kier alpha value is -1.05. The van der Waals surface area contributed by atoms with Crippen LogP contribution in [0.1, 0.15) is 5.56 Å². The molecule has 0 aliphatic carbocycles. The molecule has 1 aromatic carbocycles. The molecule has 2 aromatic rings. The summed E-state index contributed by atoms with van der Waals surface area (Å²) in [5.41, 5.74) is 0.513. The summed E-state index contributed by atoms with van der Waals surface area (Å²) in [6.07, 6.45) is 0. The van der Waals surface area contributed by atoms with E-state index in [4.69, 9.17) is 5.26 Å². The standard InChI is InChI=1S/C9H4FNS2/c10-9-3-6-7(12)1-5(4-11)2-8(6)13-9/h1-3,12H. The minimum atomic E-state index is -0.250. The second-order valence-electron chi connectivity index (χ2n) is 2.57. The summed E-state index contributed by atoms with van der Waals surface area (Å²) >= 11 is 5.21. The van der Waals surface area contributed by atoms with Crippen molar-refractivity contribution in [3.8, 4) is 6.07 Å². The van der Waals surface area contributed by atoms with Gasteiger partial charge in [-0.15, -0.1) is 24.0 Å². The molecule has 0 radical (unpaired) electrons. The summed E-state index contributed by atoms with van der Waals surface area (Å²) in [5, 5.41) is 9.17. The second kappa shape index (κ2) is 3.02. The quantitative estimate of drug-likeness (QED) is 0.662. The lowest BCUT2D eigenvalue weighted by Gasteiger charge is -1.94. The van der Waals surface area contributed by atoms with E-state index in [1.807, 2.05) is 6.07 Å². The van der Waals surface area contributed by atoms with Crippen LogP contribution in [0.4, 0.5) is 4.39 Å². The van der Waals surface area contributed by atoms with Crippen molar-refractivity contribution >= 4 is 34.1 Å². The first-order chi connectivity index (χ1) is 6.20. The van der Waals surface area contributed by atoms with Gasteiger partial charge >= 0.3 is 0 Å². The Morgan fingerprint density at radius 1 is 1.38 bits per heavy atom. The number of thiophene rings is 1. The molecule has 0 saturated heterocycles.